The number of hydrogen-bond acceptors (Lipinski definition) is 6. The van der Waals surface area contributed by atoms with Crippen LogP contribution in [0.15, 0.2) is 47.4 Å². The second-order valence-corrected chi connectivity index (χ2v) is 6.08. The van der Waals surface area contributed by atoms with Gasteiger partial charge in [0.25, 0.3) is 15.7 Å². The molecule has 122 valence electrons. The molecule has 0 atom stereocenters. The number of non-ortho nitro benzene ring substituents is 1. The lowest BCUT2D eigenvalue weighted by Crippen LogP contribution is -2.14. The van der Waals surface area contributed by atoms with Crippen LogP contribution in [0.2, 0.25) is 0 Å². The van der Waals surface area contributed by atoms with E-state index in [4.69, 9.17) is 9.47 Å². The minimum Gasteiger partial charge on any atom is -0.497 e. The number of sulfonamides is 1. The van der Waals surface area contributed by atoms with E-state index in [0.29, 0.717) is 5.75 Å². The Hall–Kier alpha value is -2.81. The summed E-state index contributed by atoms with van der Waals surface area (Å²) in [6, 6.07) is 9.52. The zero-order chi connectivity index (χ0) is 17.0. The maximum absolute atomic E-state index is 12.5. The van der Waals surface area contributed by atoms with E-state index in [-0.39, 0.29) is 22.0 Å². The summed E-state index contributed by atoms with van der Waals surface area (Å²) < 4.78 is 37.4. The van der Waals surface area contributed by atoms with E-state index < -0.39 is 14.9 Å². The predicted molar refractivity (Wildman–Crippen MR) is 83.5 cm³/mol. The van der Waals surface area contributed by atoms with Gasteiger partial charge in [-0.1, -0.05) is 6.07 Å². The molecule has 2 rings (SSSR count). The van der Waals surface area contributed by atoms with E-state index in [9.17, 15) is 18.5 Å². The van der Waals surface area contributed by atoms with Gasteiger partial charge in [0.05, 0.1) is 24.8 Å². The maximum Gasteiger partial charge on any atom is 0.271 e. The lowest BCUT2D eigenvalue weighted by molar-refractivity contribution is -0.384. The first-order valence-corrected chi connectivity index (χ1v) is 7.85. The zero-order valence-electron chi connectivity index (χ0n) is 12.3. The fraction of sp³-hybridized carbons (Fsp3) is 0.143. The molecule has 0 aromatic heterocycles. The Morgan fingerprint density at radius 2 is 1.83 bits per heavy atom. The Labute approximate surface area is 132 Å². The fourth-order valence-electron chi connectivity index (χ4n) is 1.89. The van der Waals surface area contributed by atoms with Gasteiger partial charge in [-0.05, 0) is 18.2 Å². The lowest BCUT2D eigenvalue weighted by Gasteiger charge is -2.12. The number of ether oxygens (including phenoxy) is 2. The molecule has 0 saturated heterocycles. The van der Waals surface area contributed by atoms with Gasteiger partial charge < -0.3 is 9.47 Å². The van der Waals surface area contributed by atoms with Crippen LogP contribution in [-0.2, 0) is 10.0 Å². The fourth-order valence-corrected chi connectivity index (χ4v) is 3.12. The molecule has 2 aromatic carbocycles. The summed E-state index contributed by atoms with van der Waals surface area (Å²) >= 11 is 0. The number of anilines is 1. The van der Waals surface area contributed by atoms with Crippen LogP contribution < -0.4 is 14.2 Å². The van der Waals surface area contributed by atoms with Crippen molar-refractivity contribution < 1.29 is 22.8 Å². The summed E-state index contributed by atoms with van der Waals surface area (Å²) in [6.45, 7) is 0. The standard InChI is InChI=1S/C14H14N2O6S/c1-21-12-6-7-13(22-2)14(9-12)23(19,20)15-10-4-3-5-11(8-10)16(17)18/h3-9,15H,1-2H3. The third-order valence-corrected chi connectivity index (χ3v) is 4.37. The van der Waals surface area contributed by atoms with E-state index in [0.717, 1.165) is 6.07 Å². The molecule has 0 aliphatic heterocycles. The van der Waals surface area contributed by atoms with Crippen LogP contribution in [0.3, 0.4) is 0 Å². The van der Waals surface area contributed by atoms with Crippen molar-refractivity contribution in [3.8, 4) is 11.5 Å². The lowest BCUT2D eigenvalue weighted by atomic mass is 10.3. The average Bonchev–Trinajstić information content (AvgIpc) is 2.54. The molecule has 0 aliphatic carbocycles. The van der Waals surface area contributed by atoms with Gasteiger partial charge in [-0.15, -0.1) is 0 Å². The summed E-state index contributed by atoms with van der Waals surface area (Å²) in [5.41, 5.74) is -0.146. The van der Waals surface area contributed by atoms with Crippen molar-refractivity contribution in [3.05, 3.63) is 52.6 Å². The molecule has 0 spiro atoms. The van der Waals surface area contributed by atoms with Gasteiger partial charge in [0, 0.05) is 18.2 Å². The van der Waals surface area contributed by atoms with Crippen LogP contribution in [-0.4, -0.2) is 27.6 Å². The minimum atomic E-state index is -4.01. The topological polar surface area (TPSA) is 108 Å². The maximum atomic E-state index is 12.5. The van der Waals surface area contributed by atoms with Crippen LogP contribution in [0, 0.1) is 10.1 Å². The molecule has 9 heteroatoms. The Kier molecular flexibility index (Phi) is 4.70. The normalized spacial score (nSPS) is 10.9. The summed E-state index contributed by atoms with van der Waals surface area (Å²) in [4.78, 5) is 10.0. The summed E-state index contributed by atoms with van der Waals surface area (Å²) in [5.74, 6) is 0.467. The van der Waals surface area contributed by atoms with E-state index in [1.54, 1.807) is 6.07 Å². The number of benzene rings is 2. The molecule has 0 unspecified atom stereocenters. The molecule has 0 saturated carbocycles. The molecule has 0 heterocycles. The zero-order valence-corrected chi connectivity index (χ0v) is 13.2. The summed E-state index contributed by atoms with van der Waals surface area (Å²) in [6.07, 6.45) is 0. The van der Waals surface area contributed by atoms with Crippen LogP contribution >= 0.6 is 0 Å². The number of nitro groups is 1. The first-order valence-electron chi connectivity index (χ1n) is 6.36. The van der Waals surface area contributed by atoms with Crippen molar-refractivity contribution in [2.75, 3.05) is 18.9 Å². The minimum absolute atomic E-state index is 0.0732. The van der Waals surface area contributed by atoms with Gasteiger partial charge in [-0.3, -0.25) is 14.8 Å². The van der Waals surface area contributed by atoms with Gasteiger partial charge in [0.15, 0.2) is 0 Å². The van der Waals surface area contributed by atoms with Gasteiger partial charge in [0.1, 0.15) is 16.4 Å². The smallest absolute Gasteiger partial charge is 0.271 e. The van der Waals surface area contributed by atoms with E-state index in [1.165, 1.54) is 44.6 Å². The van der Waals surface area contributed by atoms with Crippen molar-refractivity contribution in [1.29, 1.82) is 0 Å². The van der Waals surface area contributed by atoms with Crippen LogP contribution in [0.5, 0.6) is 11.5 Å². The van der Waals surface area contributed by atoms with Crippen molar-refractivity contribution >= 4 is 21.4 Å². The first kappa shape index (κ1) is 16.6. The molecular weight excluding hydrogens is 324 g/mol. The number of nitro benzene ring substituents is 1. The van der Waals surface area contributed by atoms with Gasteiger partial charge in [0.2, 0.25) is 0 Å². The highest BCUT2D eigenvalue weighted by molar-refractivity contribution is 7.92. The van der Waals surface area contributed by atoms with Gasteiger partial charge in [-0.2, -0.15) is 0 Å². The number of hydrogen-bond donors (Lipinski definition) is 1. The number of nitrogens with one attached hydrogen (secondary N) is 1. The second kappa shape index (κ2) is 6.53. The number of methoxy groups -OCH3 is 2. The Bertz CT molecular complexity index is 835. The summed E-state index contributed by atoms with van der Waals surface area (Å²) in [7, 11) is -1.26. The van der Waals surface area contributed by atoms with Crippen LogP contribution in [0.1, 0.15) is 0 Å². The Morgan fingerprint density at radius 1 is 1.09 bits per heavy atom. The largest absolute Gasteiger partial charge is 0.497 e. The number of rotatable bonds is 6. The molecule has 0 amide bonds. The molecule has 0 fully saturated rings. The van der Waals surface area contributed by atoms with Gasteiger partial charge in [-0.25, -0.2) is 8.42 Å². The molecule has 23 heavy (non-hydrogen) atoms. The van der Waals surface area contributed by atoms with Crippen molar-refractivity contribution in [2.24, 2.45) is 0 Å². The predicted octanol–water partition coefficient (Wildman–Crippen LogP) is 2.41. The molecule has 0 bridgehead atoms. The van der Waals surface area contributed by atoms with Gasteiger partial charge >= 0.3 is 0 Å². The third kappa shape index (κ3) is 3.69. The van der Waals surface area contributed by atoms with Crippen molar-refractivity contribution in [2.45, 2.75) is 4.90 Å². The molecule has 2 aromatic rings. The van der Waals surface area contributed by atoms with Crippen LogP contribution in [0.4, 0.5) is 11.4 Å². The highest BCUT2D eigenvalue weighted by Gasteiger charge is 2.21. The summed E-state index contributed by atoms with van der Waals surface area (Å²) in [5, 5.41) is 10.8. The van der Waals surface area contributed by atoms with E-state index >= 15 is 0 Å². The van der Waals surface area contributed by atoms with Crippen LogP contribution in [0.25, 0.3) is 0 Å². The monoisotopic (exact) mass is 338 g/mol. The molecule has 8 nitrogen and oxygen atoms in total. The molecular formula is C14H14N2O6S. The molecule has 1 N–H and O–H groups in total. The van der Waals surface area contributed by atoms with E-state index in [1.807, 2.05) is 0 Å². The van der Waals surface area contributed by atoms with E-state index in [2.05, 4.69) is 4.72 Å². The Balaban J connectivity index is 2.43. The molecule has 0 radical (unpaired) electrons. The quantitative estimate of drug-likeness (QED) is 0.640. The number of nitrogens with zero attached hydrogens (tertiary/aromatic N) is 1. The van der Waals surface area contributed by atoms with Crippen molar-refractivity contribution in [3.63, 3.8) is 0 Å². The SMILES string of the molecule is COc1ccc(OC)c(S(=O)(=O)Nc2cccc([N+](=O)[O-])c2)c1. The third-order valence-electron chi connectivity index (χ3n) is 2.97. The Morgan fingerprint density at radius 3 is 2.43 bits per heavy atom. The average molecular weight is 338 g/mol. The molecule has 0 aliphatic rings. The van der Waals surface area contributed by atoms with Crippen molar-refractivity contribution in [1.82, 2.24) is 0 Å². The first-order chi connectivity index (χ1) is 10.9. The highest BCUT2D eigenvalue weighted by atomic mass is 32.2. The highest BCUT2D eigenvalue weighted by Crippen LogP contribution is 2.30. The second-order valence-electron chi connectivity index (χ2n) is 4.43.